The van der Waals surface area contributed by atoms with Crippen LogP contribution in [-0.4, -0.2) is 21.6 Å². The van der Waals surface area contributed by atoms with Crippen molar-refractivity contribution in [2.45, 2.75) is 25.6 Å². The molecule has 4 aromatic rings. The van der Waals surface area contributed by atoms with E-state index in [0.29, 0.717) is 16.6 Å². The maximum atomic E-state index is 13.2. The summed E-state index contributed by atoms with van der Waals surface area (Å²) in [6.07, 6.45) is -1.20. The minimum Gasteiger partial charge on any atom is -0.352 e. The summed E-state index contributed by atoms with van der Waals surface area (Å²) in [4.78, 5) is 25.0. The number of amides is 2. The average Bonchev–Trinajstić information content (AvgIpc) is 3.62. The molecule has 0 radical (unpaired) electrons. The SMILES string of the molecule is O=C(Nc1cccc2c1cnn2-c1cccc(C(F)(F)F)c1)c1cc(CNC(=O)C2CC2)ccc1Cl. The van der Waals surface area contributed by atoms with Gasteiger partial charge in [0.2, 0.25) is 5.91 Å². The molecule has 1 aromatic heterocycles. The smallest absolute Gasteiger partial charge is 0.352 e. The van der Waals surface area contributed by atoms with Gasteiger partial charge in [-0.3, -0.25) is 9.59 Å². The third kappa shape index (κ3) is 4.92. The molecule has 0 atom stereocenters. The molecule has 0 saturated heterocycles. The molecule has 3 aromatic carbocycles. The Balaban J connectivity index is 1.40. The van der Waals surface area contributed by atoms with Gasteiger partial charge in [-0.15, -0.1) is 0 Å². The van der Waals surface area contributed by atoms with Crippen molar-refractivity contribution >= 4 is 40.0 Å². The van der Waals surface area contributed by atoms with E-state index in [-0.39, 0.29) is 34.6 Å². The molecule has 1 fully saturated rings. The van der Waals surface area contributed by atoms with Gasteiger partial charge >= 0.3 is 6.18 Å². The van der Waals surface area contributed by atoms with Gasteiger partial charge in [-0.1, -0.05) is 29.8 Å². The van der Waals surface area contributed by atoms with Crippen molar-refractivity contribution < 1.29 is 22.8 Å². The van der Waals surface area contributed by atoms with E-state index in [4.69, 9.17) is 11.6 Å². The van der Waals surface area contributed by atoms with Crippen molar-refractivity contribution in [3.63, 3.8) is 0 Å². The molecule has 0 bridgehead atoms. The number of carbonyl (C=O) groups excluding carboxylic acids is 2. The quantitative estimate of drug-likeness (QED) is 0.334. The Morgan fingerprint density at radius 1 is 1.06 bits per heavy atom. The van der Waals surface area contributed by atoms with Crippen LogP contribution in [0.5, 0.6) is 0 Å². The number of aromatic nitrogens is 2. The normalized spacial score (nSPS) is 13.6. The van der Waals surface area contributed by atoms with Crippen LogP contribution in [0.2, 0.25) is 5.02 Å². The van der Waals surface area contributed by atoms with Crippen LogP contribution in [-0.2, 0) is 17.5 Å². The van der Waals surface area contributed by atoms with Crippen LogP contribution in [0.25, 0.3) is 16.6 Å². The monoisotopic (exact) mass is 512 g/mol. The van der Waals surface area contributed by atoms with Crippen molar-refractivity contribution in [2.75, 3.05) is 5.32 Å². The molecule has 1 aliphatic rings. The van der Waals surface area contributed by atoms with Crippen molar-refractivity contribution in [2.24, 2.45) is 5.92 Å². The van der Waals surface area contributed by atoms with E-state index in [1.807, 2.05) is 0 Å². The van der Waals surface area contributed by atoms with E-state index in [1.165, 1.54) is 23.0 Å². The number of alkyl halides is 3. The summed E-state index contributed by atoms with van der Waals surface area (Å²) in [5.74, 6) is -0.382. The highest BCUT2D eigenvalue weighted by molar-refractivity contribution is 6.34. The maximum absolute atomic E-state index is 13.2. The lowest BCUT2D eigenvalue weighted by Crippen LogP contribution is -2.24. The number of hydrogen-bond acceptors (Lipinski definition) is 3. The first-order valence-corrected chi connectivity index (χ1v) is 11.6. The average molecular weight is 513 g/mol. The van der Waals surface area contributed by atoms with Gasteiger partial charge < -0.3 is 10.6 Å². The van der Waals surface area contributed by atoms with Crippen molar-refractivity contribution in [1.29, 1.82) is 0 Å². The Morgan fingerprint density at radius 3 is 2.58 bits per heavy atom. The summed E-state index contributed by atoms with van der Waals surface area (Å²) in [7, 11) is 0. The van der Waals surface area contributed by atoms with Crippen LogP contribution in [0.1, 0.15) is 34.3 Å². The first-order chi connectivity index (χ1) is 17.2. The minimum atomic E-state index is -4.48. The summed E-state index contributed by atoms with van der Waals surface area (Å²) in [5.41, 5.74) is 1.38. The number of hydrogen-bond donors (Lipinski definition) is 2. The zero-order valence-electron chi connectivity index (χ0n) is 18.8. The highest BCUT2D eigenvalue weighted by Crippen LogP contribution is 2.32. The predicted molar refractivity (Wildman–Crippen MR) is 130 cm³/mol. The number of halogens is 4. The van der Waals surface area contributed by atoms with Gasteiger partial charge in [0.15, 0.2) is 0 Å². The lowest BCUT2D eigenvalue weighted by molar-refractivity contribution is -0.137. The van der Waals surface area contributed by atoms with Crippen LogP contribution in [0.3, 0.4) is 0 Å². The van der Waals surface area contributed by atoms with Crippen molar-refractivity contribution in [3.05, 3.63) is 88.6 Å². The molecule has 1 heterocycles. The number of benzene rings is 3. The van der Waals surface area contributed by atoms with Crippen LogP contribution < -0.4 is 10.6 Å². The summed E-state index contributed by atoms with van der Waals surface area (Å²) < 4.78 is 40.9. The van der Waals surface area contributed by atoms with E-state index in [2.05, 4.69) is 15.7 Å². The molecule has 0 aliphatic heterocycles. The van der Waals surface area contributed by atoms with Gasteiger partial charge in [-0.2, -0.15) is 18.3 Å². The van der Waals surface area contributed by atoms with Gasteiger partial charge in [0, 0.05) is 17.8 Å². The fraction of sp³-hybridized carbons (Fsp3) is 0.192. The van der Waals surface area contributed by atoms with Gasteiger partial charge in [0.25, 0.3) is 5.91 Å². The molecule has 10 heteroatoms. The van der Waals surface area contributed by atoms with Crippen molar-refractivity contribution in [3.8, 4) is 5.69 Å². The number of carbonyl (C=O) groups is 2. The standard InChI is InChI=1S/C26H20ClF3N4O2/c27-21-10-7-15(13-31-24(35)16-8-9-16)11-19(21)25(36)33-22-5-2-6-23-20(22)14-32-34(23)18-4-1-3-17(12-18)26(28,29)30/h1-7,10-12,14,16H,8-9,13H2,(H,31,35)(H,33,36). The number of fused-ring (bicyclic) bond motifs is 1. The first kappa shape index (κ1) is 23.9. The maximum Gasteiger partial charge on any atom is 0.416 e. The van der Waals surface area contributed by atoms with E-state index in [1.54, 1.807) is 36.4 Å². The number of anilines is 1. The fourth-order valence-electron chi connectivity index (χ4n) is 3.90. The molecular weight excluding hydrogens is 493 g/mol. The molecule has 0 unspecified atom stereocenters. The molecular formula is C26H20ClF3N4O2. The number of nitrogens with zero attached hydrogens (tertiary/aromatic N) is 2. The van der Waals surface area contributed by atoms with E-state index < -0.39 is 17.6 Å². The Morgan fingerprint density at radius 2 is 1.83 bits per heavy atom. The van der Waals surface area contributed by atoms with Gasteiger partial charge in [0.05, 0.1) is 39.2 Å². The van der Waals surface area contributed by atoms with Crippen LogP contribution >= 0.6 is 11.6 Å². The summed E-state index contributed by atoms with van der Waals surface area (Å²) in [6.45, 7) is 0.284. The van der Waals surface area contributed by atoms with Gasteiger partial charge in [-0.25, -0.2) is 4.68 Å². The largest absolute Gasteiger partial charge is 0.416 e. The molecule has 36 heavy (non-hydrogen) atoms. The Labute approximate surface area is 209 Å². The Kier molecular flexibility index (Phi) is 6.17. The van der Waals surface area contributed by atoms with E-state index >= 15 is 0 Å². The lowest BCUT2D eigenvalue weighted by atomic mass is 10.1. The summed E-state index contributed by atoms with van der Waals surface area (Å²) >= 11 is 6.28. The van der Waals surface area contributed by atoms with Gasteiger partial charge in [-0.05, 0) is 60.9 Å². The second-order valence-electron chi connectivity index (χ2n) is 8.60. The minimum absolute atomic E-state index is 0.000381. The first-order valence-electron chi connectivity index (χ1n) is 11.2. The molecule has 6 nitrogen and oxygen atoms in total. The second-order valence-corrected chi connectivity index (χ2v) is 9.01. The van der Waals surface area contributed by atoms with Crippen LogP contribution in [0.15, 0.2) is 66.9 Å². The predicted octanol–water partition coefficient (Wildman–Crippen LogP) is 5.98. The van der Waals surface area contributed by atoms with Gasteiger partial charge in [0.1, 0.15) is 0 Å². The Hall–Kier alpha value is -3.85. The zero-order chi connectivity index (χ0) is 25.4. The third-order valence-corrected chi connectivity index (χ3v) is 6.30. The zero-order valence-corrected chi connectivity index (χ0v) is 19.5. The molecule has 5 rings (SSSR count). The van der Waals surface area contributed by atoms with E-state index in [9.17, 15) is 22.8 Å². The lowest BCUT2D eigenvalue weighted by Gasteiger charge is -2.11. The third-order valence-electron chi connectivity index (χ3n) is 5.97. The second kappa shape index (κ2) is 9.31. The van der Waals surface area contributed by atoms with Crippen LogP contribution in [0, 0.1) is 5.92 Å². The molecule has 1 aliphatic carbocycles. The Bertz CT molecular complexity index is 1480. The number of nitrogens with one attached hydrogen (secondary N) is 2. The fourth-order valence-corrected chi connectivity index (χ4v) is 4.11. The van der Waals surface area contributed by atoms with Crippen molar-refractivity contribution in [1.82, 2.24) is 15.1 Å². The molecule has 2 amide bonds. The molecule has 2 N–H and O–H groups in total. The number of rotatable bonds is 6. The summed E-state index contributed by atoms with van der Waals surface area (Å²) in [5, 5.41) is 10.7. The van der Waals surface area contributed by atoms with E-state index in [0.717, 1.165) is 30.5 Å². The summed E-state index contributed by atoms with van der Waals surface area (Å²) in [6, 6.07) is 14.9. The molecule has 184 valence electrons. The topological polar surface area (TPSA) is 76.0 Å². The highest BCUT2D eigenvalue weighted by Gasteiger charge is 2.31. The highest BCUT2D eigenvalue weighted by atomic mass is 35.5. The molecule has 1 saturated carbocycles. The van der Waals surface area contributed by atoms with Crippen LogP contribution in [0.4, 0.5) is 18.9 Å². The molecule has 0 spiro atoms.